The van der Waals surface area contributed by atoms with Gasteiger partial charge in [-0.05, 0) is 63.1 Å². The van der Waals surface area contributed by atoms with E-state index in [4.69, 9.17) is 14.2 Å². The topological polar surface area (TPSA) is 73.9 Å². The number of nitrogens with one attached hydrogen (secondary N) is 1. The predicted molar refractivity (Wildman–Crippen MR) is 104 cm³/mol. The SMILES string of the molecule is CC(=O)c1ccc(O[C@H](C)C(=O)Nc2ccc3c(c2)OC2(CCCC2)O3)cc1. The van der Waals surface area contributed by atoms with Crippen LogP contribution in [-0.2, 0) is 4.79 Å². The highest BCUT2D eigenvalue weighted by Gasteiger charge is 2.44. The molecule has 6 heteroatoms. The van der Waals surface area contributed by atoms with E-state index in [2.05, 4.69) is 5.32 Å². The highest BCUT2D eigenvalue weighted by atomic mass is 16.7. The number of anilines is 1. The van der Waals surface area contributed by atoms with Gasteiger partial charge in [0, 0.05) is 30.2 Å². The predicted octanol–water partition coefficient (Wildman–Crippen LogP) is 4.34. The number of carbonyl (C=O) groups excluding carboxylic acids is 2. The van der Waals surface area contributed by atoms with Gasteiger partial charge in [0.1, 0.15) is 5.75 Å². The summed E-state index contributed by atoms with van der Waals surface area (Å²) in [7, 11) is 0. The highest BCUT2D eigenvalue weighted by molar-refractivity contribution is 5.95. The van der Waals surface area contributed by atoms with Crippen LogP contribution in [0.5, 0.6) is 17.2 Å². The molecule has 28 heavy (non-hydrogen) atoms. The standard InChI is InChI=1S/C22H23NO5/c1-14(24)16-5-8-18(9-6-16)26-15(2)21(25)23-17-7-10-19-20(13-17)28-22(27-19)11-3-4-12-22/h5-10,13,15H,3-4,11-12H2,1-2H3,(H,23,25)/t15-/m1/s1. The number of ketones is 1. The molecule has 1 amide bonds. The van der Waals surface area contributed by atoms with Crippen LogP contribution in [0.3, 0.4) is 0 Å². The second kappa shape index (κ2) is 7.19. The number of amides is 1. The maximum absolute atomic E-state index is 12.5. The Kier molecular flexibility index (Phi) is 4.71. The lowest BCUT2D eigenvalue weighted by Gasteiger charge is -2.21. The Morgan fingerprint density at radius 3 is 2.39 bits per heavy atom. The van der Waals surface area contributed by atoms with Crippen LogP contribution in [-0.4, -0.2) is 23.6 Å². The van der Waals surface area contributed by atoms with Crippen LogP contribution in [0.25, 0.3) is 0 Å². The average Bonchev–Trinajstić information content (AvgIpc) is 3.27. The molecule has 1 spiro atoms. The largest absolute Gasteiger partial charge is 0.481 e. The fourth-order valence-electron chi connectivity index (χ4n) is 3.56. The van der Waals surface area contributed by atoms with Crippen molar-refractivity contribution in [3.8, 4) is 17.2 Å². The molecule has 1 aliphatic heterocycles. The van der Waals surface area contributed by atoms with Gasteiger partial charge in [0.15, 0.2) is 23.4 Å². The highest BCUT2D eigenvalue weighted by Crippen LogP contribution is 2.47. The van der Waals surface area contributed by atoms with Gasteiger partial charge in [-0.1, -0.05) is 0 Å². The van der Waals surface area contributed by atoms with Crippen molar-refractivity contribution in [1.82, 2.24) is 0 Å². The van der Waals surface area contributed by atoms with Crippen LogP contribution in [0, 0.1) is 0 Å². The van der Waals surface area contributed by atoms with Gasteiger partial charge in [-0.15, -0.1) is 0 Å². The molecule has 1 atom stereocenters. The molecule has 0 aromatic heterocycles. The fraction of sp³-hybridized carbons (Fsp3) is 0.364. The molecule has 1 saturated carbocycles. The minimum absolute atomic E-state index is 0.0143. The van der Waals surface area contributed by atoms with E-state index in [1.54, 1.807) is 43.3 Å². The van der Waals surface area contributed by atoms with Gasteiger partial charge >= 0.3 is 0 Å². The van der Waals surface area contributed by atoms with Crippen LogP contribution in [0.2, 0.25) is 0 Å². The van der Waals surface area contributed by atoms with E-state index in [0.717, 1.165) is 31.4 Å². The van der Waals surface area contributed by atoms with Crippen LogP contribution in [0.4, 0.5) is 5.69 Å². The Morgan fingerprint density at radius 1 is 1.04 bits per heavy atom. The summed E-state index contributed by atoms with van der Waals surface area (Å²) >= 11 is 0. The Labute approximate surface area is 163 Å². The first kappa shape index (κ1) is 18.3. The maximum atomic E-state index is 12.5. The van der Waals surface area contributed by atoms with Crippen molar-refractivity contribution in [3.05, 3.63) is 48.0 Å². The van der Waals surface area contributed by atoms with Gasteiger partial charge in [0.2, 0.25) is 0 Å². The summed E-state index contributed by atoms with van der Waals surface area (Å²) < 4.78 is 17.7. The average molecular weight is 381 g/mol. The summed E-state index contributed by atoms with van der Waals surface area (Å²) in [6, 6.07) is 12.1. The third-order valence-electron chi connectivity index (χ3n) is 5.11. The van der Waals surface area contributed by atoms with Crippen molar-refractivity contribution in [2.75, 3.05) is 5.32 Å². The van der Waals surface area contributed by atoms with Gasteiger partial charge < -0.3 is 19.5 Å². The third kappa shape index (κ3) is 3.67. The molecule has 0 unspecified atom stereocenters. The lowest BCUT2D eigenvalue weighted by Crippen LogP contribution is -2.34. The minimum Gasteiger partial charge on any atom is -0.481 e. The Bertz CT molecular complexity index is 900. The molecule has 1 N–H and O–H groups in total. The quantitative estimate of drug-likeness (QED) is 0.780. The smallest absolute Gasteiger partial charge is 0.265 e. The summed E-state index contributed by atoms with van der Waals surface area (Å²) in [6.07, 6.45) is 3.27. The normalized spacial score (nSPS) is 17.4. The van der Waals surface area contributed by atoms with Gasteiger partial charge in [-0.2, -0.15) is 0 Å². The molecule has 1 fully saturated rings. The monoisotopic (exact) mass is 381 g/mol. The second-order valence-corrected chi connectivity index (χ2v) is 7.31. The molecule has 0 radical (unpaired) electrons. The molecule has 1 heterocycles. The number of carbonyl (C=O) groups is 2. The van der Waals surface area contributed by atoms with Gasteiger partial charge in [0.25, 0.3) is 11.7 Å². The number of rotatable bonds is 5. The molecule has 2 aromatic rings. The van der Waals surface area contributed by atoms with Crippen LogP contribution in [0.15, 0.2) is 42.5 Å². The number of benzene rings is 2. The Morgan fingerprint density at radius 2 is 1.71 bits per heavy atom. The van der Waals surface area contributed by atoms with E-state index in [9.17, 15) is 9.59 Å². The first-order valence-corrected chi connectivity index (χ1v) is 9.55. The number of ether oxygens (including phenoxy) is 3. The zero-order chi connectivity index (χ0) is 19.7. The van der Waals surface area contributed by atoms with Crippen molar-refractivity contribution in [3.63, 3.8) is 0 Å². The molecule has 0 saturated heterocycles. The van der Waals surface area contributed by atoms with Gasteiger partial charge in [-0.25, -0.2) is 0 Å². The van der Waals surface area contributed by atoms with Crippen molar-refractivity contribution < 1.29 is 23.8 Å². The Balaban J connectivity index is 1.38. The molecule has 2 aliphatic rings. The van der Waals surface area contributed by atoms with E-state index in [1.807, 2.05) is 6.07 Å². The molecule has 1 aliphatic carbocycles. The first-order chi connectivity index (χ1) is 13.4. The maximum Gasteiger partial charge on any atom is 0.265 e. The molecular formula is C22H23NO5. The molecular weight excluding hydrogens is 358 g/mol. The van der Waals surface area contributed by atoms with E-state index in [-0.39, 0.29) is 11.7 Å². The number of hydrogen-bond acceptors (Lipinski definition) is 5. The number of hydrogen-bond donors (Lipinski definition) is 1. The number of fused-ring (bicyclic) bond motifs is 1. The summed E-state index contributed by atoms with van der Waals surface area (Å²) in [5.41, 5.74) is 1.23. The summed E-state index contributed by atoms with van der Waals surface area (Å²) in [4.78, 5) is 23.8. The lowest BCUT2D eigenvalue weighted by atomic mass is 10.1. The van der Waals surface area contributed by atoms with Crippen molar-refractivity contribution in [1.29, 1.82) is 0 Å². The van der Waals surface area contributed by atoms with E-state index < -0.39 is 11.9 Å². The molecule has 0 bridgehead atoms. The molecule has 2 aromatic carbocycles. The van der Waals surface area contributed by atoms with E-state index >= 15 is 0 Å². The molecule has 146 valence electrons. The van der Waals surface area contributed by atoms with Crippen molar-refractivity contribution in [2.24, 2.45) is 0 Å². The summed E-state index contributed by atoms with van der Waals surface area (Å²) in [5.74, 6) is 1.10. The summed E-state index contributed by atoms with van der Waals surface area (Å²) in [5, 5.41) is 2.85. The van der Waals surface area contributed by atoms with Crippen molar-refractivity contribution >= 4 is 17.4 Å². The van der Waals surface area contributed by atoms with Crippen LogP contribution < -0.4 is 19.5 Å². The second-order valence-electron chi connectivity index (χ2n) is 7.31. The van der Waals surface area contributed by atoms with E-state index in [1.165, 1.54) is 6.92 Å². The molecule has 6 nitrogen and oxygen atoms in total. The lowest BCUT2D eigenvalue weighted by molar-refractivity contribution is -0.122. The number of Topliss-reactive ketones (excluding diaryl/α,β-unsaturated/α-hetero) is 1. The third-order valence-corrected chi connectivity index (χ3v) is 5.11. The van der Waals surface area contributed by atoms with Gasteiger partial charge in [0.05, 0.1) is 0 Å². The van der Waals surface area contributed by atoms with Crippen LogP contribution >= 0.6 is 0 Å². The summed E-state index contributed by atoms with van der Waals surface area (Å²) in [6.45, 7) is 3.18. The van der Waals surface area contributed by atoms with Crippen LogP contribution in [0.1, 0.15) is 49.9 Å². The van der Waals surface area contributed by atoms with Gasteiger partial charge in [-0.3, -0.25) is 9.59 Å². The van der Waals surface area contributed by atoms with E-state index in [0.29, 0.717) is 22.7 Å². The first-order valence-electron chi connectivity index (χ1n) is 9.55. The zero-order valence-electron chi connectivity index (χ0n) is 16.0. The zero-order valence-corrected chi connectivity index (χ0v) is 16.0. The van der Waals surface area contributed by atoms with Crippen molar-refractivity contribution in [2.45, 2.75) is 51.4 Å². The fourth-order valence-corrected chi connectivity index (χ4v) is 3.56. The minimum atomic E-state index is -0.699. The molecule has 4 rings (SSSR count). The Hall–Kier alpha value is -3.02.